The van der Waals surface area contributed by atoms with Crippen molar-refractivity contribution in [2.75, 3.05) is 12.3 Å². The molecule has 84 valence electrons. The van der Waals surface area contributed by atoms with Crippen molar-refractivity contribution in [3.05, 3.63) is 0 Å². The molecule has 2 N–H and O–H groups in total. The van der Waals surface area contributed by atoms with Crippen molar-refractivity contribution in [2.45, 2.75) is 33.7 Å². The lowest BCUT2D eigenvalue weighted by atomic mass is 10.1. The second-order valence-electron chi connectivity index (χ2n) is 3.71. The third kappa shape index (κ3) is 3.81. The third-order valence-electron chi connectivity index (χ3n) is 2.33. The third-order valence-corrected chi connectivity index (χ3v) is 5.12. The molecule has 0 heterocycles. The highest BCUT2D eigenvalue weighted by Gasteiger charge is 2.28. The Hall–Kier alpha value is -0.340. The molecular formula is C9H20NO3P. The number of carboxylic acids is 1. The van der Waals surface area contributed by atoms with Crippen LogP contribution < -0.4 is 5.09 Å². The summed E-state index contributed by atoms with van der Waals surface area (Å²) >= 11 is 0. The quantitative estimate of drug-likeness (QED) is 0.673. The van der Waals surface area contributed by atoms with E-state index in [1.165, 1.54) is 0 Å². The molecule has 0 rings (SSSR count). The summed E-state index contributed by atoms with van der Waals surface area (Å²) in [4.78, 5) is 10.9. The van der Waals surface area contributed by atoms with Gasteiger partial charge in [-0.05, 0) is 5.92 Å². The molecule has 1 atom stereocenters. The van der Waals surface area contributed by atoms with Crippen molar-refractivity contribution in [1.29, 1.82) is 0 Å². The minimum absolute atomic E-state index is 0.0566. The lowest BCUT2D eigenvalue weighted by Crippen LogP contribution is -2.39. The summed E-state index contributed by atoms with van der Waals surface area (Å²) in [6.07, 6.45) is 1.00. The Bertz CT molecular complexity index is 232. The average molecular weight is 221 g/mol. The Labute approximate surface area is 85.5 Å². The summed E-state index contributed by atoms with van der Waals surface area (Å²) in [5.41, 5.74) is 0. The van der Waals surface area contributed by atoms with Gasteiger partial charge >= 0.3 is 5.97 Å². The topological polar surface area (TPSA) is 66.4 Å². The van der Waals surface area contributed by atoms with Crippen LogP contribution in [0, 0.1) is 5.92 Å². The molecule has 0 spiro atoms. The molecule has 0 aromatic carbocycles. The molecule has 0 radical (unpaired) electrons. The lowest BCUT2D eigenvalue weighted by molar-refractivity contribution is -0.140. The Morgan fingerprint density at radius 2 is 1.79 bits per heavy atom. The molecule has 0 aliphatic rings. The van der Waals surface area contributed by atoms with Crippen molar-refractivity contribution in [2.24, 2.45) is 5.92 Å². The van der Waals surface area contributed by atoms with E-state index in [0.29, 0.717) is 12.3 Å². The SMILES string of the molecule is CCP(=O)(CC)NC(C(=O)O)C(C)C. The molecule has 0 aromatic heterocycles. The molecule has 5 heteroatoms. The highest BCUT2D eigenvalue weighted by Crippen LogP contribution is 2.40. The Balaban J connectivity index is 4.59. The van der Waals surface area contributed by atoms with Gasteiger partial charge in [0.15, 0.2) is 0 Å². The zero-order valence-electron chi connectivity index (χ0n) is 9.28. The van der Waals surface area contributed by atoms with Crippen LogP contribution in [-0.4, -0.2) is 29.4 Å². The summed E-state index contributed by atoms with van der Waals surface area (Å²) in [6, 6.07) is -0.708. The van der Waals surface area contributed by atoms with Crippen LogP contribution >= 0.6 is 7.29 Å². The first kappa shape index (κ1) is 13.7. The lowest BCUT2D eigenvalue weighted by Gasteiger charge is -2.24. The highest BCUT2D eigenvalue weighted by atomic mass is 31.2. The number of carbonyl (C=O) groups is 1. The monoisotopic (exact) mass is 221 g/mol. The standard InChI is InChI=1S/C9H20NO3P/c1-5-14(13,6-2)10-8(7(3)4)9(11)12/h7-8H,5-6H2,1-4H3,(H,10,13)(H,11,12). The first-order valence-electron chi connectivity index (χ1n) is 4.95. The van der Waals surface area contributed by atoms with Crippen LogP contribution in [0.5, 0.6) is 0 Å². The molecule has 0 fully saturated rings. The van der Waals surface area contributed by atoms with Gasteiger partial charge in [0.05, 0.1) is 0 Å². The van der Waals surface area contributed by atoms with E-state index >= 15 is 0 Å². The molecule has 0 aromatic rings. The number of hydrogen-bond acceptors (Lipinski definition) is 2. The normalized spacial score (nSPS) is 14.4. The van der Waals surface area contributed by atoms with Crippen LogP contribution in [0.15, 0.2) is 0 Å². The summed E-state index contributed by atoms with van der Waals surface area (Å²) in [5, 5.41) is 11.7. The molecule has 4 nitrogen and oxygen atoms in total. The van der Waals surface area contributed by atoms with Crippen LogP contribution in [0.1, 0.15) is 27.7 Å². The smallest absolute Gasteiger partial charge is 0.321 e. The minimum Gasteiger partial charge on any atom is -0.480 e. The molecule has 0 aliphatic carbocycles. The van der Waals surface area contributed by atoms with Crippen LogP contribution in [-0.2, 0) is 9.36 Å². The van der Waals surface area contributed by atoms with Crippen LogP contribution in [0.25, 0.3) is 0 Å². The maximum atomic E-state index is 12.0. The van der Waals surface area contributed by atoms with Crippen molar-refractivity contribution in [1.82, 2.24) is 5.09 Å². The van der Waals surface area contributed by atoms with Gasteiger partial charge in [0, 0.05) is 12.3 Å². The number of nitrogens with one attached hydrogen (secondary N) is 1. The largest absolute Gasteiger partial charge is 0.480 e. The summed E-state index contributed by atoms with van der Waals surface area (Å²) in [7, 11) is -2.48. The summed E-state index contributed by atoms with van der Waals surface area (Å²) in [6.45, 7) is 7.25. The van der Waals surface area contributed by atoms with Crippen molar-refractivity contribution >= 4 is 13.3 Å². The van der Waals surface area contributed by atoms with E-state index in [9.17, 15) is 9.36 Å². The van der Waals surface area contributed by atoms with E-state index in [4.69, 9.17) is 5.11 Å². The molecule has 0 aliphatic heterocycles. The maximum absolute atomic E-state index is 12.0. The average Bonchev–Trinajstić information content (AvgIpc) is 2.13. The Morgan fingerprint density at radius 1 is 1.36 bits per heavy atom. The molecule has 0 bridgehead atoms. The van der Waals surface area contributed by atoms with Gasteiger partial charge in [-0.2, -0.15) is 0 Å². The fourth-order valence-corrected chi connectivity index (χ4v) is 2.88. The highest BCUT2D eigenvalue weighted by molar-refractivity contribution is 7.61. The number of carboxylic acid groups (broad SMARTS) is 1. The zero-order chi connectivity index (χ0) is 11.4. The van der Waals surface area contributed by atoms with Gasteiger partial charge in [0.25, 0.3) is 0 Å². The molecule has 1 unspecified atom stereocenters. The van der Waals surface area contributed by atoms with Crippen molar-refractivity contribution < 1.29 is 14.5 Å². The van der Waals surface area contributed by atoms with Crippen LogP contribution in [0.3, 0.4) is 0 Å². The van der Waals surface area contributed by atoms with Crippen LogP contribution in [0.2, 0.25) is 0 Å². The van der Waals surface area contributed by atoms with E-state index in [-0.39, 0.29) is 5.92 Å². The van der Waals surface area contributed by atoms with E-state index in [1.807, 2.05) is 13.8 Å². The van der Waals surface area contributed by atoms with Gasteiger partial charge in [0.1, 0.15) is 13.3 Å². The second kappa shape index (κ2) is 5.52. The Kier molecular flexibility index (Phi) is 5.38. The Morgan fingerprint density at radius 3 is 2.00 bits per heavy atom. The van der Waals surface area contributed by atoms with E-state index in [2.05, 4.69) is 5.09 Å². The molecule has 0 saturated carbocycles. The molecule has 0 amide bonds. The van der Waals surface area contributed by atoms with Crippen LogP contribution in [0.4, 0.5) is 0 Å². The molecule has 14 heavy (non-hydrogen) atoms. The first-order chi connectivity index (χ1) is 6.36. The van der Waals surface area contributed by atoms with Crippen molar-refractivity contribution in [3.8, 4) is 0 Å². The summed E-state index contributed by atoms with van der Waals surface area (Å²) in [5.74, 6) is -0.985. The van der Waals surface area contributed by atoms with Gasteiger partial charge < -0.3 is 9.67 Å². The minimum atomic E-state index is -2.48. The van der Waals surface area contributed by atoms with Gasteiger partial charge in [0.2, 0.25) is 0 Å². The first-order valence-corrected chi connectivity index (χ1v) is 7.02. The van der Waals surface area contributed by atoms with E-state index in [0.717, 1.165) is 0 Å². The molecular weight excluding hydrogens is 201 g/mol. The van der Waals surface area contributed by atoms with Gasteiger partial charge in [-0.1, -0.05) is 27.7 Å². The van der Waals surface area contributed by atoms with Gasteiger partial charge in [-0.15, -0.1) is 0 Å². The maximum Gasteiger partial charge on any atom is 0.321 e. The van der Waals surface area contributed by atoms with Crippen molar-refractivity contribution in [3.63, 3.8) is 0 Å². The van der Waals surface area contributed by atoms with Gasteiger partial charge in [-0.25, -0.2) is 0 Å². The number of rotatable bonds is 6. The van der Waals surface area contributed by atoms with E-state index in [1.54, 1.807) is 13.8 Å². The fourth-order valence-electron chi connectivity index (χ4n) is 1.15. The number of hydrogen-bond donors (Lipinski definition) is 2. The van der Waals surface area contributed by atoms with E-state index < -0.39 is 19.3 Å². The number of aliphatic carboxylic acids is 1. The van der Waals surface area contributed by atoms with Gasteiger partial charge in [-0.3, -0.25) is 9.88 Å². The molecule has 0 saturated heterocycles. The fraction of sp³-hybridized carbons (Fsp3) is 0.889. The predicted molar refractivity (Wildman–Crippen MR) is 58.1 cm³/mol. The second-order valence-corrected chi connectivity index (χ2v) is 7.01. The summed E-state index contributed by atoms with van der Waals surface area (Å²) < 4.78 is 12.0. The zero-order valence-corrected chi connectivity index (χ0v) is 10.2. The predicted octanol–water partition coefficient (Wildman–Crippen LogP) is 2.00.